The summed E-state index contributed by atoms with van der Waals surface area (Å²) in [7, 11) is 4.07. The number of β-amino-alcohol motifs (C(OH)–C–C–N with tert-alkyl or cyclic N) is 1. The van der Waals surface area contributed by atoms with Gasteiger partial charge in [-0.3, -0.25) is 4.98 Å². The van der Waals surface area contributed by atoms with Crippen LogP contribution in [0.15, 0.2) is 18.3 Å². The fraction of sp³-hybridized carbons (Fsp3) is 0.706. The molecule has 0 aliphatic carbocycles. The zero-order valence-corrected chi connectivity index (χ0v) is 14.1. The quantitative estimate of drug-likeness (QED) is 0.924. The SMILES string of the molecule is CCc1ccc(N2CCCC(O)(C(C)(C)N(C)C)C2)cn1. The standard InChI is InChI=1S/C17H29N3O/c1-6-14-8-9-15(12-18-14)20-11-7-10-17(21,13-20)16(2,3)19(4)5/h8-9,12,21H,6-7,10-11,13H2,1-5H3. The van der Waals surface area contributed by atoms with Crippen LogP contribution in [0, 0.1) is 0 Å². The highest BCUT2D eigenvalue weighted by Crippen LogP contribution is 2.36. The second-order valence-electron chi connectivity index (χ2n) is 6.87. The van der Waals surface area contributed by atoms with E-state index in [1.165, 1.54) is 0 Å². The van der Waals surface area contributed by atoms with Gasteiger partial charge in [0.2, 0.25) is 0 Å². The molecule has 0 radical (unpaired) electrons. The van der Waals surface area contributed by atoms with Crippen molar-refractivity contribution in [2.24, 2.45) is 0 Å². The molecule has 1 fully saturated rings. The molecule has 1 N–H and O–H groups in total. The molecule has 4 heteroatoms. The molecular weight excluding hydrogens is 262 g/mol. The second kappa shape index (κ2) is 5.93. The fourth-order valence-electron chi connectivity index (χ4n) is 2.99. The third-order valence-electron chi connectivity index (χ3n) is 5.26. The Morgan fingerprint density at radius 2 is 2.10 bits per heavy atom. The van der Waals surface area contributed by atoms with Crippen LogP contribution in [0.25, 0.3) is 0 Å². The maximum atomic E-state index is 11.2. The van der Waals surface area contributed by atoms with E-state index in [0.717, 1.165) is 37.2 Å². The number of aryl methyl sites for hydroxylation is 1. The molecule has 0 aromatic carbocycles. The predicted octanol–water partition coefficient (Wildman–Crippen LogP) is 2.32. The minimum absolute atomic E-state index is 0.261. The number of aliphatic hydroxyl groups is 1. The number of hydrogen-bond acceptors (Lipinski definition) is 4. The summed E-state index contributed by atoms with van der Waals surface area (Å²) >= 11 is 0. The van der Waals surface area contributed by atoms with E-state index in [4.69, 9.17) is 0 Å². The van der Waals surface area contributed by atoms with Crippen molar-refractivity contribution in [3.63, 3.8) is 0 Å². The van der Waals surface area contributed by atoms with E-state index < -0.39 is 5.60 Å². The van der Waals surface area contributed by atoms with Gasteiger partial charge in [-0.25, -0.2) is 0 Å². The van der Waals surface area contributed by atoms with Crippen molar-refractivity contribution in [3.05, 3.63) is 24.0 Å². The van der Waals surface area contributed by atoms with Crippen molar-refractivity contribution in [3.8, 4) is 0 Å². The van der Waals surface area contributed by atoms with Crippen molar-refractivity contribution in [2.45, 2.75) is 51.2 Å². The topological polar surface area (TPSA) is 39.6 Å². The number of rotatable bonds is 4. The molecule has 1 atom stereocenters. The molecular formula is C17H29N3O. The third kappa shape index (κ3) is 3.06. The molecule has 2 rings (SSSR count). The number of piperidine rings is 1. The lowest BCUT2D eigenvalue weighted by Crippen LogP contribution is -2.65. The smallest absolute Gasteiger partial charge is 0.0999 e. The van der Waals surface area contributed by atoms with Crippen LogP contribution in [0.2, 0.25) is 0 Å². The number of aromatic nitrogens is 1. The lowest BCUT2D eigenvalue weighted by atomic mass is 9.76. The summed E-state index contributed by atoms with van der Waals surface area (Å²) in [5.41, 5.74) is 1.25. The first-order valence-corrected chi connectivity index (χ1v) is 7.90. The first kappa shape index (κ1) is 16.2. The molecule has 1 saturated heterocycles. The summed E-state index contributed by atoms with van der Waals surface area (Å²) in [5, 5.41) is 11.2. The van der Waals surface area contributed by atoms with E-state index in [9.17, 15) is 5.11 Å². The van der Waals surface area contributed by atoms with Crippen LogP contribution in [-0.2, 0) is 6.42 Å². The Labute approximate surface area is 128 Å². The molecule has 1 aromatic heterocycles. The van der Waals surface area contributed by atoms with Gasteiger partial charge in [-0.1, -0.05) is 6.92 Å². The number of anilines is 1. The largest absolute Gasteiger partial charge is 0.386 e. The van der Waals surface area contributed by atoms with Crippen LogP contribution in [0.1, 0.15) is 39.3 Å². The summed E-state index contributed by atoms with van der Waals surface area (Å²) in [4.78, 5) is 8.87. The Hall–Kier alpha value is -1.13. The van der Waals surface area contributed by atoms with Gasteiger partial charge in [0.05, 0.1) is 17.5 Å². The Morgan fingerprint density at radius 3 is 2.62 bits per heavy atom. The molecule has 0 bridgehead atoms. The molecule has 1 aliphatic heterocycles. The van der Waals surface area contributed by atoms with Crippen LogP contribution in [0.5, 0.6) is 0 Å². The van der Waals surface area contributed by atoms with Crippen molar-refractivity contribution in [1.29, 1.82) is 0 Å². The zero-order chi connectivity index (χ0) is 15.7. The highest BCUT2D eigenvalue weighted by Gasteiger charge is 2.47. The number of pyridine rings is 1. The van der Waals surface area contributed by atoms with Crippen LogP contribution in [-0.4, -0.2) is 53.3 Å². The van der Waals surface area contributed by atoms with Gasteiger partial charge >= 0.3 is 0 Å². The second-order valence-corrected chi connectivity index (χ2v) is 6.87. The summed E-state index contributed by atoms with van der Waals surface area (Å²) < 4.78 is 0. The van der Waals surface area contributed by atoms with Crippen molar-refractivity contribution in [2.75, 3.05) is 32.1 Å². The van der Waals surface area contributed by atoms with Gasteiger partial charge in [-0.2, -0.15) is 0 Å². The molecule has 2 heterocycles. The molecule has 21 heavy (non-hydrogen) atoms. The lowest BCUT2D eigenvalue weighted by Gasteiger charge is -2.52. The third-order valence-corrected chi connectivity index (χ3v) is 5.26. The first-order valence-electron chi connectivity index (χ1n) is 7.90. The maximum absolute atomic E-state index is 11.2. The summed E-state index contributed by atoms with van der Waals surface area (Å²) in [6.45, 7) is 8.00. The van der Waals surface area contributed by atoms with E-state index in [0.29, 0.717) is 6.54 Å². The van der Waals surface area contributed by atoms with Gasteiger partial charge in [0, 0.05) is 24.3 Å². The Morgan fingerprint density at radius 1 is 1.38 bits per heavy atom. The molecule has 1 unspecified atom stereocenters. The molecule has 0 amide bonds. The maximum Gasteiger partial charge on any atom is 0.0999 e. The average Bonchev–Trinajstić information content (AvgIpc) is 2.47. The van der Waals surface area contributed by atoms with Gasteiger partial charge in [-0.15, -0.1) is 0 Å². The highest BCUT2D eigenvalue weighted by molar-refractivity contribution is 5.46. The molecule has 1 aliphatic rings. The van der Waals surface area contributed by atoms with E-state index in [1.54, 1.807) is 0 Å². The van der Waals surface area contributed by atoms with E-state index in [1.807, 2.05) is 20.3 Å². The fourth-order valence-corrected chi connectivity index (χ4v) is 2.99. The average molecular weight is 291 g/mol. The van der Waals surface area contributed by atoms with Gasteiger partial charge in [0.25, 0.3) is 0 Å². The molecule has 4 nitrogen and oxygen atoms in total. The first-order chi connectivity index (χ1) is 9.80. The van der Waals surface area contributed by atoms with E-state index in [-0.39, 0.29) is 5.54 Å². The molecule has 1 aromatic rings. The summed E-state index contributed by atoms with van der Waals surface area (Å²) in [6.07, 6.45) is 4.74. The number of hydrogen-bond donors (Lipinski definition) is 1. The Bertz CT molecular complexity index is 469. The Kier molecular flexibility index (Phi) is 4.59. The van der Waals surface area contributed by atoms with Crippen molar-refractivity contribution >= 4 is 5.69 Å². The summed E-state index contributed by atoms with van der Waals surface area (Å²) in [6, 6.07) is 4.21. The van der Waals surface area contributed by atoms with Gasteiger partial charge < -0.3 is 14.9 Å². The van der Waals surface area contributed by atoms with Gasteiger partial charge in [-0.05, 0) is 59.3 Å². The predicted molar refractivity (Wildman–Crippen MR) is 87.8 cm³/mol. The van der Waals surface area contributed by atoms with Crippen LogP contribution in [0.3, 0.4) is 0 Å². The van der Waals surface area contributed by atoms with Crippen LogP contribution < -0.4 is 4.90 Å². The van der Waals surface area contributed by atoms with Gasteiger partial charge in [0.1, 0.15) is 0 Å². The highest BCUT2D eigenvalue weighted by atomic mass is 16.3. The zero-order valence-electron chi connectivity index (χ0n) is 14.1. The van der Waals surface area contributed by atoms with Crippen molar-refractivity contribution in [1.82, 2.24) is 9.88 Å². The normalized spacial score (nSPS) is 23.7. The van der Waals surface area contributed by atoms with E-state index in [2.05, 4.69) is 47.7 Å². The molecule has 0 saturated carbocycles. The van der Waals surface area contributed by atoms with Crippen molar-refractivity contribution < 1.29 is 5.11 Å². The number of nitrogens with zero attached hydrogens (tertiary/aromatic N) is 3. The molecule has 0 spiro atoms. The van der Waals surface area contributed by atoms with E-state index >= 15 is 0 Å². The molecule has 118 valence electrons. The monoisotopic (exact) mass is 291 g/mol. The summed E-state index contributed by atoms with van der Waals surface area (Å²) in [5.74, 6) is 0. The minimum Gasteiger partial charge on any atom is -0.386 e. The van der Waals surface area contributed by atoms with Crippen LogP contribution in [0.4, 0.5) is 5.69 Å². The lowest BCUT2D eigenvalue weighted by molar-refractivity contribution is -0.0882. The number of likely N-dealkylation sites (N-methyl/N-ethyl adjacent to an activating group) is 1. The van der Waals surface area contributed by atoms with Crippen LogP contribution >= 0.6 is 0 Å². The minimum atomic E-state index is -0.710. The Balaban J connectivity index is 2.20. The van der Waals surface area contributed by atoms with Gasteiger partial charge in [0.15, 0.2) is 0 Å².